The lowest BCUT2D eigenvalue weighted by atomic mass is 9.94. The average molecular weight is 288 g/mol. The summed E-state index contributed by atoms with van der Waals surface area (Å²) in [5.41, 5.74) is 5.58. The number of carbonyl (C=O) groups is 1. The molecule has 1 amide bonds. The molecule has 1 aliphatic rings. The van der Waals surface area contributed by atoms with E-state index >= 15 is 0 Å². The molecule has 1 aromatic rings. The van der Waals surface area contributed by atoms with Crippen LogP contribution in [0, 0.1) is 21.4 Å². The summed E-state index contributed by atoms with van der Waals surface area (Å²) in [7, 11) is 0. The van der Waals surface area contributed by atoms with Crippen molar-refractivity contribution < 1.29 is 9.72 Å². The van der Waals surface area contributed by atoms with E-state index in [1.165, 1.54) is 12.1 Å². The molecule has 1 aliphatic carbocycles. The molecule has 1 fully saturated rings. The van der Waals surface area contributed by atoms with Crippen molar-refractivity contribution in [3.8, 4) is 6.07 Å². The van der Waals surface area contributed by atoms with E-state index in [-0.39, 0.29) is 29.3 Å². The third-order valence-corrected chi connectivity index (χ3v) is 3.71. The van der Waals surface area contributed by atoms with Gasteiger partial charge in [-0.2, -0.15) is 5.26 Å². The molecule has 7 nitrogen and oxygen atoms in total. The van der Waals surface area contributed by atoms with E-state index < -0.39 is 10.5 Å². The molecule has 0 heterocycles. The van der Waals surface area contributed by atoms with Gasteiger partial charge in [0.1, 0.15) is 5.69 Å². The van der Waals surface area contributed by atoms with Gasteiger partial charge in [-0.15, -0.1) is 0 Å². The predicted molar refractivity (Wildman–Crippen MR) is 76.4 cm³/mol. The number of nitrogens with one attached hydrogen (secondary N) is 1. The highest BCUT2D eigenvalue weighted by Crippen LogP contribution is 2.31. The number of hydrogen-bond acceptors (Lipinski definition) is 5. The summed E-state index contributed by atoms with van der Waals surface area (Å²) >= 11 is 0. The molecule has 0 unspecified atom stereocenters. The first-order chi connectivity index (χ1) is 9.93. The van der Waals surface area contributed by atoms with Gasteiger partial charge >= 0.3 is 0 Å². The zero-order valence-corrected chi connectivity index (χ0v) is 11.5. The smallest absolute Gasteiger partial charge is 0.294 e. The van der Waals surface area contributed by atoms with Gasteiger partial charge < -0.3 is 11.1 Å². The Morgan fingerprint density at radius 3 is 2.71 bits per heavy atom. The Morgan fingerprint density at radius 2 is 2.14 bits per heavy atom. The largest absolute Gasteiger partial charge is 0.325 e. The van der Waals surface area contributed by atoms with Crippen LogP contribution in [0.25, 0.3) is 0 Å². The van der Waals surface area contributed by atoms with E-state index in [2.05, 4.69) is 5.32 Å². The van der Waals surface area contributed by atoms with Crippen LogP contribution in [-0.4, -0.2) is 16.4 Å². The van der Waals surface area contributed by atoms with E-state index in [4.69, 9.17) is 11.0 Å². The number of nitro benzene ring substituents is 1. The van der Waals surface area contributed by atoms with Crippen molar-refractivity contribution in [2.24, 2.45) is 5.73 Å². The number of carbonyl (C=O) groups excluding carboxylic acids is 1. The predicted octanol–water partition coefficient (Wildman–Crippen LogP) is 2.07. The number of nitrogens with zero attached hydrogens (tertiary/aromatic N) is 2. The normalized spacial score (nSPS) is 16.2. The van der Waals surface area contributed by atoms with Crippen LogP contribution < -0.4 is 11.1 Å². The Labute approximate surface area is 121 Å². The number of anilines is 1. The summed E-state index contributed by atoms with van der Waals surface area (Å²) in [6.45, 7) is 0. The van der Waals surface area contributed by atoms with E-state index in [0.29, 0.717) is 0 Å². The summed E-state index contributed by atoms with van der Waals surface area (Å²) in [5, 5.41) is 22.3. The van der Waals surface area contributed by atoms with Gasteiger partial charge in [-0.3, -0.25) is 14.9 Å². The van der Waals surface area contributed by atoms with Crippen LogP contribution in [0.15, 0.2) is 18.2 Å². The summed E-state index contributed by atoms with van der Waals surface area (Å²) in [4.78, 5) is 22.4. The highest BCUT2D eigenvalue weighted by Gasteiger charge is 2.32. The molecule has 1 aromatic carbocycles. The molecule has 2 rings (SSSR count). The van der Waals surface area contributed by atoms with Crippen LogP contribution in [0.1, 0.15) is 37.7 Å². The van der Waals surface area contributed by atoms with Gasteiger partial charge in [0.15, 0.2) is 0 Å². The lowest BCUT2D eigenvalue weighted by Crippen LogP contribution is -2.40. The number of benzene rings is 1. The van der Waals surface area contributed by atoms with Crippen molar-refractivity contribution in [3.63, 3.8) is 0 Å². The second-order valence-electron chi connectivity index (χ2n) is 5.40. The van der Waals surface area contributed by atoms with Crippen molar-refractivity contribution >= 4 is 17.3 Å². The number of nitriles is 1. The zero-order valence-electron chi connectivity index (χ0n) is 11.5. The molecule has 21 heavy (non-hydrogen) atoms. The Hall–Kier alpha value is -2.46. The average Bonchev–Trinajstić information content (AvgIpc) is 2.85. The standard InChI is InChI=1S/C14H16N4O3/c15-9-10-3-4-11(12(7-10)18(20)21)17-13(19)8-14(16)5-1-2-6-14/h3-4,7H,1-2,5-6,8,16H2,(H,17,19). The Balaban J connectivity index is 2.13. The number of nitrogens with two attached hydrogens (primary N) is 1. The van der Waals surface area contributed by atoms with Crippen LogP contribution in [0.4, 0.5) is 11.4 Å². The molecule has 0 spiro atoms. The van der Waals surface area contributed by atoms with Crippen molar-refractivity contribution in [3.05, 3.63) is 33.9 Å². The zero-order chi connectivity index (χ0) is 15.5. The van der Waals surface area contributed by atoms with E-state index in [9.17, 15) is 14.9 Å². The second-order valence-corrected chi connectivity index (χ2v) is 5.40. The minimum Gasteiger partial charge on any atom is -0.325 e. The van der Waals surface area contributed by atoms with Crippen LogP contribution >= 0.6 is 0 Å². The molecule has 110 valence electrons. The van der Waals surface area contributed by atoms with Crippen molar-refractivity contribution in [1.29, 1.82) is 5.26 Å². The first kappa shape index (κ1) is 14.9. The molecule has 1 saturated carbocycles. The van der Waals surface area contributed by atoms with Crippen molar-refractivity contribution in [2.75, 3.05) is 5.32 Å². The fourth-order valence-corrected chi connectivity index (χ4v) is 2.63. The van der Waals surface area contributed by atoms with Crippen LogP contribution in [0.3, 0.4) is 0 Å². The van der Waals surface area contributed by atoms with Gasteiger partial charge in [-0.05, 0) is 25.0 Å². The van der Waals surface area contributed by atoms with Crippen molar-refractivity contribution in [1.82, 2.24) is 0 Å². The Morgan fingerprint density at radius 1 is 1.48 bits per heavy atom. The maximum atomic E-state index is 12.0. The van der Waals surface area contributed by atoms with Gasteiger partial charge in [0.2, 0.25) is 5.91 Å². The van der Waals surface area contributed by atoms with Gasteiger partial charge in [0.05, 0.1) is 16.6 Å². The molecule has 3 N–H and O–H groups in total. The molecule has 0 aromatic heterocycles. The second kappa shape index (κ2) is 5.89. The maximum Gasteiger partial charge on any atom is 0.294 e. The lowest BCUT2D eigenvalue weighted by molar-refractivity contribution is -0.383. The molecule has 0 aliphatic heterocycles. The quantitative estimate of drug-likeness (QED) is 0.648. The molecule has 0 bridgehead atoms. The van der Waals surface area contributed by atoms with E-state index in [1.54, 1.807) is 0 Å². The lowest BCUT2D eigenvalue weighted by Gasteiger charge is -2.22. The Bertz CT molecular complexity index is 615. The van der Waals surface area contributed by atoms with E-state index in [0.717, 1.165) is 31.7 Å². The monoisotopic (exact) mass is 288 g/mol. The molecule has 7 heteroatoms. The highest BCUT2D eigenvalue weighted by molar-refractivity contribution is 5.93. The van der Waals surface area contributed by atoms with Gasteiger partial charge in [-0.1, -0.05) is 12.8 Å². The third-order valence-electron chi connectivity index (χ3n) is 3.71. The van der Waals surface area contributed by atoms with Crippen molar-refractivity contribution in [2.45, 2.75) is 37.6 Å². The highest BCUT2D eigenvalue weighted by atomic mass is 16.6. The minimum absolute atomic E-state index is 0.0885. The maximum absolute atomic E-state index is 12.0. The first-order valence-electron chi connectivity index (χ1n) is 6.71. The fourth-order valence-electron chi connectivity index (χ4n) is 2.63. The number of rotatable bonds is 4. The molecule has 0 radical (unpaired) electrons. The van der Waals surface area contributed by atoms with Gasteiger partial charge in [0.25, 0.3) is 5.69 Å². The first-order valence-corrected chi connectivity index (χ1v) is 6.71. The third kappa shape index (κ3) is 3.55. The SMILES string of the molecule is N#Cc1ccc(NC(=O)CC2(N)CCCC2)c([N+](=O)[O-])c1. The van der Waals surface area contributed by atoms with E-state index in [1.807, 2.05) is 6.07 Å². The molecule has 0 atom stereocenters. The van der Waals surface area contributed by atoms with Crippen LogP contribution in [0.2, 0.25) is 0 Å². The number of amides is 1. The minimum atomic E-state index is -0.621. The summed E-state index contributed by atoms with van der Waals surface area (Å²) in [5.74, 6) is -0.341. The molecular weight excluding hydrogens is 272 g/mol. The Kier molecular flexibility index (Phi) is 4.19. The van der Waals surface area contributed by atoms with Gasteiger partial charge in [0, 0.05) is 18.0 Å². The summed E-state index contributed by atoms with van der Waals surface area (Å²) < 4.78 is 0. The summed E-state index contributed by atoms with van der Waals surface area (Å²) in [6.07, 6.45) is 3.72. The van der Waals surface area contributed by atoms with Gasteiger partial charge in [-0.25, -0.2) is 0 Å². The molecular formula is C14H16N4O3. The van der Waals surface area contributed by atoms with Crippen LogP contribution in [-0.2, 0) is 4.79 Å². The number of nitro groups is 1. The summed E-state index contributed by atoms with van der Waals surface area (Å²) in [6, 6.07) is 5.77. The van der Waals surface area contributed by atoms with Crippen LogP contribution in [0.5, 0.6) is 0 Å². The fraction of sp³-hybridized carbons (Fsp3) is 0.429. The molecule has 0 saturated heterocycles. The number of hydrogen-bond donors (Lipinski definition) is 2. The topological polar surface area (TPSA) is 122 Å².